The highest BCUT2D eigenvalue weighted by Gasteiger charge is 2.42. The van der Waals surface area contributed by atoms with Gasteiger partial charge in [0.2, 0.25) is 0 Å². The molecular formula is C6H12F3NO. The third-order valence-corrected chi connectivity index (χ3v) is 1.47. The fourth-order valence-electron chi connectivity index (χ4n) is 0.583. The minimum atomic E-state index is -4.61. The van der Waals surface area contributed by atoms with Gasteiger partial charge in [-0.2, -0.15) is 13.2 Å². The minimum absolute atomic E-state index is 0.383. The zero-order valence-corrected chi connectivity index (χ0v) is 6.39. The first-order valence-corrected chi connectivity index (χ1v) is 3.27. The van der Waals surface area contributed by atoms with E-state index in [0.29, 0.717) is 0 Å². The number of aliphatic hydroxyl groups is 1. The summed E-state index contributed by atoms with van der Waals surface area (Å²) in [6.45, 7) is 3.05. The number of rotatable bonds is 2. The highest BCUT2D eigenvalue weighted by atomic mass is 19.4. The number of hydrogen-bond donors (Lipinski definition) is 2. The average molecular weight is 171 g/mol. The number of nitrogens with two attached hydrogens (primary N) is 1. The monoisotopic (exact) mass is 171 g/mol. The van der Waals surface area contributed by atoms with Gasteiger partial charge in [-0.25, -0.2) is 0 Å². The number of aliphatic hydroxyl groups excluding tert-OH is 1. The van der Waals surface area contributed by atoms with E-state index in [-0.39, 0.29) is 5.92 Å². The zero-order chi connectivity index (χ0) is 9.23. The van der Waals surface area contributed by atoms with E-state index < -0.39 is 18.3 Å². The van der Waals surface area contributed by atoms with E-state index in [1.165, 1.54) is 13.8 Å². The fourth-order valence-corrected chi connectivity index (χ4v) is 0.583. The Bertz CT molecular complexity index is 123. The summed E-state index contributed by atoms with van der Waals surface area (Å²) in [4.78, 5) is 0. The molecule has 0 aromatic heterocycles. The van der Waals surface area contributed by atoms with E-state index in [1.54, 1.807) is 0 Å². The summed E-state index contributed by atoms with van der Waals surface area (Å²) in [6, 6.07) is -1.24. The second-order valence-corrected chi connectivity index (χ2v) is 2.81. The van der Waals surface area contributed by atoms with Crippen LogP contribution in [-0.2, 0) is 0 Å². The largest absolute Gasteiger partial charge is 0.415 e. The molecule has 0 aromatic carbocycles. The Balaban J connectivity index is 4.13. The van der Waals surface area contributed by atoms with E-state index in [0.717, 1.165) is 0 Å². The molecule has 3 N–H and O–H groups in total. The Morgan fingerprint density at radius 2 is 1.64 bits per heavy atom. The van der Waals surface area contributed by atoms with Crippen molar-refractivity contribution in [3.05, 3.63) is 0 Å². The van der Waals surface area contributed by atoms with Crippen LogP contribution in [0, 0.1) is 5.92 Å². The molecule has 0 aliphatic carbocycles. The van der Waals surface area contributed by atoms with Gasteiger partial charge < -0.3 is 10.8 Å². The van der Waals surface area contributed by atoms with Gasteiger partial charge in [-0.3, -0.25) is 0 Å². The van der Waals surface area contributed by atoms with Crippen LogP contribution in [0.5, 0.6) is 0 Å². The second-order valence-electron chi connectivity index (χ2n) is 2.81. The molecule has 0 spiro atoms. The van der Waals surface area contributed by atoms with Crippen molar-refractivity contribution in [1.82, 2.24) is 0 Å². The molecule has 68 valence electrons. The van der Waals surface area contributed by atoms with Gasteiger partial charge in [-0.15, -0.1) is 0 Å². The van der Waals surface area contributed by atoms with Gasteiger partial charge in [-0.1, -0.05) is 13.8 Å². The van der Waals surface area contributed by atoms with Crippen molar-refractivity contribution in [2.24, 2.45) is 11.7 Å². The second kappa shape index (κ2) is 3.40. The van der Waals surface area contributed by atoms with E-state index in [9.17, 15) is 13.2 Å². The highest BCUT2D eigenvalue weighted by Crippen LogP contribution is 2.23. The molecule has 0 amide bonds. The van der Waals surface area contributed by atoms with Gasteiger partial charge in [-0.05, 0) is 5.92 Å². The van der Waals surface area contributed by atoms with Gasteiger partial charge in [0.15, 0.2) is 6.10 Å². The van der Waals surface area contributed by atoms with Crippen LogP contribution in [0.3, 0.4) is 0 Å². The van der Waals surface area contributed by atoms with Crippen molar-refractivity contribution in [2.75, 3.05) is 0 Å². The lowest BCUT2D eigenvalue weighted by Gasteiger charge is -2.23. The summed E-state index contributed by atoms with van der Waals surface area (Å²) < 4.78 is 35.2. The molecule has 0 saturated carbocycles. The molecule has 0 aliphatic rings. The lowest BCUT2D eigenvalue weighted by molar-refractivity contribution is -0.212. The molecule has 0 aromatic rings. The maximum Gasteiger partial charge on any atom is 0.415 e. The first-order chi connectivity index (χ1) is 4.76. The Morgan fingerprint density at radius 3 is 1.73 bits per heavy atom. The summed E-state index contributed by atoms with van der Waals surface area (Å²) in [7, 11) is 0. The van der Waals surface area contributed by atoms with Crippen LogP contribution in [0.4, 0.5) is 13.2 Å². The van der Waals surface area contributed by atoms with Crippen LogP contribution in [-0.4, -0.2) is 23.4 Å². The van der Waals surface area contributed by atoms with Crippen LogP contribution in [0.1, 0.15) is 13.8 Å². The summed E-state index contributed by atoms with van der Waals surface area (Å²) in [5, 5.41) is 8.57. The molecular weight excluding hydrogens is 159 g/mol. The predicted molar refractivity (Wildman–Crippen MR) is 34.9 cm³/mol. The number of alkyl halides is 3. The molecule has 0 fully saturated rings. The molecule has 0 rings (SSSR count). The topological polar surface area (TPSA) is 46.2 Å². The number of hydrogen-bond acceptors (Lipinski definition) is 2. The van der Waals surface area contributed by atoms with Gasteiger partial charge >= 0.3 is 6.18 Å². The minimum Gasteiger partial charge on any atom is -0.382 e. The van der Waals surface area contributed by atoms with Crippen molar-refractivity contribution < 1.29 is 18.3 Å². The van der Waals surface area contributed by atoms with Crippen molar-refractivity contribution in [2.45, 2.75) is 32.2 Å². The predicted octanol–water partition coefficient (Wildman–Crippen LogP) is 0.893. The van der Waals surface area contributed by atoms with Crippen molar-refractivity contribution in [1.29, 1.82) is 0 Å². The molecule has 1 unspecified atom stereocenters. The Kier molecular flexibility index (Phi) is 3.31. The molecule has 0 aliphatic heterocycles. The SMILES string of the molecule is CC(C)[C@@H](N)C(O)C(F)(F)F. The van der Waals surface area contributed by atoms with Crippen molar-refractivity contribution in [3.8, 4) is 0 Å². The van der Waals surface area contributed by atoms with Gasteiger partial charge in [0, 0.05) is 6.04 Å². The van der Waals surface area contributed by atoms with Gasteiger partial charge in [0.25, 0.3) is 0 Å². The Hall–Kier alpha value is -0.290. The zero-order valence-electron chi connectivity index (χ0n) is 6.39. The van der Waals surface area contributed by atoms with E-state index in [2.05, 4.69) is 0 Å². The summed E-state index contributed by atoms with van der Waals surface area (Å²) in [6.07, 6.45) is -7.02. The Labute approximate surface area is 63.2 Å². The molecule has 5 heteroatoms. The van der Waals surface area contributed by atoms with E-state index >= 15 is 0 Å². The van der Waals surface area contributed by atoms with Crippen molar-refractivity contribution >= 4 is 0 Å². The first-order valence-electron chi connectivity index (χ1n) is 3.27. The van der Waals surface area contributed by atoms with Crippen molar-refractivity contribution in [3.63, 3.8) is 0 Å². The third-order valence-electron chi connectivity index (χ3n) is 1.47. The summed E-state index contributed by atoms with van der Waals surface area (Å²) >= 11 is 0. The highest BCUT2D eigenvalue weighted by molar-refractivity contribution is 4.80. The first kappa shape index (κ1) is 10.7. The van der Waals surface area contributed by atoms with Crippen LogP contribution >= 0.6 is 0 Å². The number of halogens is 3. The molecule has 0 heterocycles. The van der Waals surface area contributed by atoms with E-state index in [1.807, 2.05) is 0 Å². The molecule has 0 bridgehead atoms. The van der Waals surface area contributed by atoms with Gasteiger partial charge in [0.05, 0.1) is 0 Å². The standard InChI is InChI=1S/C6H12F3NO/c1-3(2)4(10)5(11)6(7,8)9/h3-5,11H,10H2,1-2H3/t4-,5?/m1/s1. The molecule has 0 radical (unpaired) electrons. The average Bonchev–Trinajstić information content (AvgIpc) is 1.82. The normalized spacial score (nSPS) is 18.5. The van der Waals surface area contributed by atoms with E-state index in [4.69, 9.17) is 10.8 Å². The van der Waals surface area contributed by atoms with Crippen LogP contribution in [0.2, 0.25) is 0 Å². The maximum absolute atomic E-state index is 11.7. The Morgan fingerprint density at radius 1 is 1.27 bits per heavy atom. The lowest BCUT2D eigenvalue weighted by Crippen LogP contribution is -2.47. The molecule has 0 saturated heterocycles. The van der Waals surface area contributed by atoms with Crippen LogP contribution in [0.15, 0.2) is 0 Å². The van der Waals surface area contributed by atoms with Gasteiger partial charge in [0.1, 0.15) is 0 Å². The fraction of sp³-hybridized carbons (Fsp3) is 1.00. The quantitative estimate of drug-likeness (QED) is 0.648. The third kappa shape index (κ3) is 3.07. The molecule has 2 atom stereocenters. The molecule has 2 nitrogen and oxygen atoms in total. The van der Waals surface area contributed by atoms with Crippen LogP contribution in [0.25, 0.3) is 0 Å². The van der Waals surface area contributed by atoms with Crippen LogP contribution < -0.4 is 5.73 Å². The maximum atomic E-state index is 11.7. The summed E-state index contributed by atoms with van der Waals surface area (Å²) in [5.74, 6) is -0.383. The summed E-state index contributed by atoms with van der Waals surface area (Å²) in [5.41, 5.74) is 5.08. The smallest absolute Gasteiger partial charge is 0.382 e. The molecule has 11 heavy (non-hydrogen) atoms. The lowest BCUT2D eigenvalue weighted by atomic mass is 9.99.